The van der Waals surface area contributed by atoms with E-state index in [0.717, 1.165) is 41.5 Å². The average Bonchev–Trinajstić information content (AvgIpc) is 2.66. The van der Waals surface area contributed by atoms with Gasteiger partial charge in [-0.25, -0.2) is 8.42 Å². The first-order chi connectivity index (χ1) is 13.2. The summed E-state index contributed by atoms with van der Waals surface area (Å²) in [6.45, 7) is 4.14. The van der Waals surface area contributed by atoms with Gasteiger partial charge in [0, 0.05) is 6.54 Å². The van der Waals surface area contributed by atoms with Crippen molar-refractivity contribution in [1.82, 2.24) is 0 Å². The number of rotatable bonds is 5. The van der Waals surface area contributed by atoms with Crippen LogP contribution in [0.4, 0.5) is 11.4 Å². The van der Waals surface area contributed by atoms with Crippen LogP contribution in [-0.2, 0) is 21.2 Å². The average molecular weight is 403 g/mol. The van der Waals surface area contributed by atoms with Gasteiger partial charge in [0.2, 0.25) is 15.9 Å². The van der Waals surface area contributed by atoms with Crippen LogP contribution in [0, 0.1) is 13.8 Å². The molecule has 0 N–H and O–H groups in total. The molecule has 0 bridgehead atoms. The van der Waals surface area contributed by atoms with Gasteiger partial charge in [0.1, 0.15) is 12.3 Å². The molecule has 28 heavy (non-hydrogen) atoms. The second-order valence-corrected chi connectivity index (χ2v) is 9.02. The lowest BCUT2D eigenvalue weighted by Crippen LogP contribution is -2.45. The normalized spacial score (nSPS) is 13.8. The van der Waals surface area contributed by atoms with Crippen LogP contribution in [0.3, 0.4) is 0 Å². The Balaban J connectivity index is 1.99. The highest BCUT2D eigenvalue weighted by Gasteiger charge is 2.30. The van der Waals surface area contributed by atoms with Gasteiger partial charge in [0.05, 0.1) is 24.7 Å². The first kappa shape index (κ1) is 20.2. The van der Waals surface area contributed by atoms with E-state index in [2.05, 4.69) is 0 Å². The maximum atomic E-state index is 13.2. The van der Waals surface area contributed by atoms with Crippen molar-refractivity contribution in [2.75, 3.05) is 35.7 Å². The molecule has 0 aliphatic carbocycles. The SMILES string of the molecule is COc1ccc(C)c2c1N(C(=O)CN(c1ccccc1C)S(C)(=O)=O)CCC2. The highest BCUT2D eigenvalue weighted by atomic mass is 32.2. The molecule has 7 heteroatoms. The van der Waals surface area contributed by atoms with Gasteiger partial charge in [0.15, 0.2) is 0 Å². The third-order valence-corrected chi connectivity index (χ3v) is 6.27. The van der Waals surface area contributed by atoms with E-state index in [-0.39, 0.29) is 12.5 Å². The predicted octanol–water partition coefficient (Wildman–Crippen LogP) is 3.06. The summed E-state index contributed by atoms with van der Waals surface area (Å²) >= 11 is 0. The van der Waals surface area contributed by atoms with Gasteiger partial charge >= 0.3 is 0 Å². The summed E-state index contributed by atoms with van der Waals surface area (Å²) in [4.78, 5) is 14.9. The Morgan fingerprint density at radius 1 is 1.14 bits per heavy atom. The molecule has 2 aromatic carbocycles. The molecule has 1 amide bonds. The minimum atomic E-state index is -3.62. The van der Waals surface area contributed by atoms with Gasteiger partial charge in [-0.3, -0.25) is 9.10 Å². The third-order valence-electron chi connectivity index (χ3n) is 5.14. The Labute approximate surface area is 166 Å². The Kier molecular flexibility index (Phi) is 5.65. The molecule has 0 atom stereocenters. The van der Waals surface area contributed by atoms with Crippen molar-refractivity contribution in [1.29, 1.82) is 0 Å². The fourth-order valence-corrected chi connectivity index (χ4v) is 4.61. The van der Waals surface area contributed by atoms with E-state index in [0.29, 0.717) is 18.0 Å². The third kappa shape index (κ3) is 3.85. The minimum Gasteiger partial charge on any atom is -0.495 e. The minimum absolute atomic E-state index is 0.250. The van der Waals surface area contributed by atoms with E-state index in [1.165, 1.54) is 4.31 Å². The summed E-state index contributed by atoms with van der Waals surface area (Å²) in [5.74, 6) is 0.369. The summed E-state index contributed by atoms with van der Waals surface area (Å²) in [6.07, 6.45) is 2.83. The first-order valence-corrected chi connectivity index (χ1v) is 11.1. The standard InChI is InChI=1S/C21H26N2O4S/c1-15-11-12-19(27-3)21-17(15)9-7-13-22(21)20(24)14-23(28(4,25)26)18-10-6-5-8-16(18)2/h5-6,8,10-12H,7,9,13-14H2,1-4H3. The zero-order valence-electron chi connectivity index (χ0n) is 16.7. The molecule has 0 saturated heterocycles. The number of aryl methyl sites for hydroxylation is 2. The highest BCUT2D eigenvalue weighted by molar-refractivity contribution is 7.92. The molecular formula is C21H26N2O4S. The molecule has 0 unspecified atom stereocenters. The molecule has 0 spiro atoms. The van der Waals surface area contributed by atoms with E-state index in [4.69, 9.17) is 4.74 Å². The van der Waals surface area contributed by atoms with Gasteiger partial charge in [0.25, 0.3) is 0 Å². The lowest BCUT2D eigenvalue weighted by molar-refractivity contribution is -0.117. The maximum absolute atomic E-state index is 13.2. The number of hydrogen-bond donors (Lipinski definition) is 0. The van der Waals surface area contributed by atoms with Crippen molar-refractivity contribution in [2.24, 2.45) is 0 Å². The number of carbonyl (C=O) groups is 1. The molecule has 2 aromatic rings. The molecule has 6 nitrogen and oxygen atoms in total. The van der Waals surface area contributed by atoms with Crippen LogP contribution in [0.15, 0.2) is 36.4 Å². The van der Waals surface area contributed by atoms with Crippen LogP contribution in [-0.4, -0.2) is 40.8 Å². The fourth-order valence-electron chi connectivity index (χ4n) is 3.70. The van der Waals surface area contributed by atoms with E-state index >= 15 is 0 Å². The molecule has 0 radical (unpaired) electrons. The smallest absolute Gasteiger partial charge is 0.247 e. The zero-order valence-corrected chi connectivity index (χ0v) is 17.5. The number of amides is 1. The number of methoxy groups -OCH3 is 1. The van der Waals surface area contributed by atoms with Crippen LogP contribution in [0.5, 0.6) is 5.75 Å². The Morgan fingerprint density at radius 2 is 1.86 bits per heavy atom. The van der Waals surface area contributed by atoms with Crippen molar-refractivity contribution >= 4 is 27.3 Å². The number of ether oxygens (including phenoxy) is 1. The molecular weight excluding hydrogens is 376 g/mol. The summed E-state index contributed by atoms with van der Waals surface area (Å²) < 4.78 is 31.6. The largest absolute Gasteiger partial charge is 0.495 e. The number of para-hydroxylation sites is 1. The number of sulfonamides is 1. The zero-order chi connectivity index (χ0) is 20.5. The van der Waals surface area contributed by atoms with Crippen molar-refractivity contribution in [3.05, 3.63) is 53.1 Å². The van der Waals surface area contributed by atoms with E-state index in [1.54, 1.807) is 24.1 Å². The van der Waals surface area contributed by atoms with Crippen LogP contribution < -0.4 is 13.9 Å². The highest BCUT2D eigenvalue weighted by Crippen LogP contribution is 2.38. The van der Waals surface area contributed by atoms with Crippen LogP contribution in [0.2, 0.25) is 0 Å². The van der Waals surface area contributed by atoms with Gasteiger partial charge < -0.3 is 9.64 Å². The topological polar surface area (TPSA) is 66.9 Å². The van der Waals surface area contributed by atoms with Gasteiger partial charge in [-0.1, -0.05) is 24.3 Å². The summed E-state index contributed by atoms with van der Waals surface area (Å²) in [6, 6.07) is 11.0. The summed E-state index contributed by atoms with van der Waals surface area (Å²) in [5.41, 5.74) is 4.27. The molecule has 3 rings (SSSR count). The van der Waals surface area contributed by atoms with Crippen LogP contribution in [0.25, 0.3) is 0 Å². The Morgan fingerprint density at radius 3 is 2.50 bits per heavy atom. The molecule has 1 heterocycles. The molecule has 0 saturated carbocycles. The number of fused-ring (bicyclic) bond motifs is 1. The molecule has 1 aliphatic heterocycles. The van der Waals surface area contributed by atoms with Gasteiger partial charge in [-0.05, 0) is 55.5 Å². The number of anilines is 2. The predicted molar refractivity (Wildman–Crippen MR) is 112 cm³/mol. The number of nitrogens with zero attached hydrogens (tertiary/aromatic N) is 2. The lowest BCUT2D eigenvalue weighted by Gasteiger charge is -2.34. The summed E-state index contributed by atoms with van der Waals surface area (Å²) in [5, 5.41) is 0. The van der Waals surface area contributed by atoms with Gasteiger partial charge in [-0.15, -0.1) is 0 Å². The second kappa shape index (κ2) is 7.83. The fraction of sp³-hybridized carbons (Fsp3) is 0.381. The number of hydrogen-bond acceptors (Lipinski definition) is 4. The van der Waals surface area contributed by atoms with Crippen molar-refractivity contribution < 1.29 is 17.9 Å². The number of carbonyl (C=O) groups excluding carboxylic acids is 1. The van der Waals surface area contributed by atoms with E-state index in [9.17, 15) is 13.2 Å². The monoisotopic (exact) mass is 402 g/mol. The summed E-state index contributed by atoms with van der Waals surface area (Å²) in [7, 11) is -2.04. The molecule has 1 aliphatic rings. The Bertz CT molecular complexity index is 1000. The molecule has 0 fully saturated rings. The van der Waals surface area contributed by atoms with Crippen molar-refractivity contribution in [2.45, 2.75) is 26.7 Å². The van der Waals surface area contributed by atoms with Crippen molar-refractivity contribution in [3.63, 3.8) is 0 Å². The molecule has 0 aromatic heterocycles. The van der Waals surface area contributed by atoms with Crippen LogP contribution in [0.1, 0.15) is 23.1 Å². The van der Waals surface area contributed by atoms with Crippen LogP contribution >= 0.6 is 0 Å². The van der Waals surface area contributed by atoms with E-state index < -0.39 is 10.0 Å². The quantitative estimate of drug-likeness (QED) is 0.771. The second-order valence-electron chi connectivity index (χ2n) is 7.12. The first-order valence-electron chi connectivity index (χ1n) is 9.24. The number of benzene rings is 2. The molecule has 150 valence electrons. The van der Waals surface area contributed by atoms with E-state index in [1.807, 2.05) is 38.1 Å². The van der Waals surface area contributed by atoms with Crippen molar-refractivity contribution in [3.8, 4) is 5.75 Å². The maximum Gasteiger partial charge on any atom is 0.247 e. The van der Waals surface area contributed by atoms with Gasteiger partial charge in [-0.2, -0.15) is 0 Å². The lowest BCUT2D eigenvalue weighted by atomic mass is 9.96. The Hall–Kier alpha value is -2.54.